The molecule has 0 aromatic carbocycles. The number of hydrogen-bond acceptors (Lipinski definition) is 3. The Kier molecular flexibility index (Phi) is 3.47. The molecule has 0 spiro atoms. The molecule has 1 fully saturated rings. The van der Waals surface area contributed by atoms with Crippen molar-refractivity contribution in [1.82, 2.24) is 4.98 Å². The monoisotopic (exact) mass is 259 g/mol. The standard InChI is InChI=1S/C12H16F3N3/c1-8(16)9-5-6-18(7-9)11-4-2-3-10(17-11)12(13,14)15/h2-4,8-9H,5-7,16H2,1H3. The Morgan fingerprint density at radius 3 is 2.72 bits per heavy atom. The van der Waals surface area contributed by atoms with E-state index in [1.54, 1.807) is 6.07 Å². The number of pyridine rings is 1. The molecule has 2 N–H and O–H groups in total. The van der Waals surface area contributed by atoms with Gasteiger partial charge in [0.1, 0.15) is 11.5 Å². The van der Waals surface area contributed by atoms with Crippen LogP contribution in [0.3, 0.4) is 0 Å². The highest BCUT2D eigenvalue weighted by Crippen LogP contribution is 2.30. The normalized spacial score (nSPS) is 22.3. The molecule has 0 radical (unpaired) electrons. The van der Waals surface area contributed by atoms with Crippen LogP contribution in [0.4, 0.5) is 19.0 Å². The van der Waals surface area contributed by atoms with Gasteiger partial charge in [-0.2, -0.15) is 13.2 Å². The summed E-state index contributed by atoms with van der Waals surface area (Å²) in [5, 5.41) is 0. The number of halogens is 3. The van der Waals surface area contributed by atoms with Crippen LogP contribution in [-0.2, 0) is 6.18 Å². The Bertz CT molecular complexity index is 417. The first kappa shape index (κ1) is 13.1. The average Bonchev–Trinajstić information content (AvgIpc) is 2.77. The van der Waals surface area contributed by atoms with Crippen molar-refractivity contribution in [2.24, 2.45) is 11.7 Å². The summed E-state index contributed by atoms with van der Waals surface area (Å²) >= 11 is 0. The van der Waals surface area contributed by atoms with Crippen LogP contribution in [0.1, 0.15) is 19.0 Å². The van der Waals surface area contributed by atoms with Gasteiger partial charge in [0.25, 0.3) is 0 Å². The summed E-state index contributed by atoms with van der Waals surface area (Å²) in [6, 6.07) is 4.05. The second-order valence-electron chi connectivity index (χ2n) is 4.73. The molecule has 1 aromatic rings. The molecule has 0 bridgehead atoms. The molecule has 0 amide bonds. The summed E-state index contributed by atoms with van der Waals surface area (Å²) < 4.78 is 37.7. The van der Waals surface area contributed by atoms with E-state index in [1.807, 2.05) is 11.8 Å². The minimum atomic E-state index is -4.39. The highest BCUT2D eigenvalue weighted by Gasteiger charge is 2.33. The van der Waals surface area contributed by atoms with Gasteiger partial charge in [-0.05, 0) is 31.4 Å². The molecule has 2 unspecified atom stereocenters. The number of hydrogen-bond donors (Lipinski definition) is 1. The molecule has 1 aliphatic heterocycles. The van der Waals surface area contributed by atoms with Gasteiger partial charge in [-0.15, -0.1) is 0 Å². The summed E-state index contributed by atoms with van der Waals surface area (Å²) in [6.07, 6.45) is -3.49. The number of alkyl halides is 3. The fraction of sp³-hybridized carbons (Fsp3) is 0.583. The van der Waals surface area contributed by atoms with E-state index in [0.29, 0.717) is 24.8 Å². The van der Waals surface area contributed by atoms with E-state index in [-0.39, 0.29) is 6.04 Å². The lowest BCUT2D eigenvalue weighted by molar-refractivity contribution is -0.141. The van der Waals surface area contributed by atoms with Crippen molar-refractivity contribution in [3.05, 3.63) is 23.9 Å². The number of nitrogens with zero attached hydrogens (tertiary/aromatic N) is 2. The van der Waals surface area contributed by atoms with Crippen LogP contribution in [0, 0.1) is 5.92 Å². The Morgan fingerprint density at radius 1 is 1.44 bits per heavy atom. The zero-order valence-electron chi connectivity index (χ0n) is 10.1. The van der Waals surface area contributed by atoms with Gasteiger partial charge in [0, 0.05) is 19.1 Å². The van der Waals surface area contributed by atoms with E-state index in [0.717, 1.165) is 12.5 Å². The summed E-state index contributed by atoms with van der Waals surface area (Å²) in [5.41, 5.74) is 4.97. The van der Waals surface area contributed by atoms with E-state index in [4.69, 9.17) is 5.73 Å². The van der Waals surface area contributed by atoms with Crippen LogP contribution in [0.25, 0.3) is 0 Å². The molecule has 1 saturated heterocycles. The van der Waals surface area contributed by atoms with Crippen LogP contribution in [0.2, 0.25) is 0 Å². The Balaban J connectivity index is 2.15. The molecular formula is C12H16F3N3. The van der Waals surface area contributed by atoms with Gasteiger partial charge in [-0.25, -0.2) is 4.98 Å². The molecule has 2 rings (SSSR count). The number of nitrogens with two attached hydrogens (primary N) is 1. The first-order valence-corrected chi connectivity index (χ1v) is 5.92. The molecule has 1 aromatic heterocycles. The minimum Gasteiger partial charge on any atom is -0.356 e. The number of anilines is 1. The third kappa shape index (κ3) is 2.75. The predicted octanol–water partition coefficient (Wildman–Crippen LogP) is 2.27. The van der Waals surface area contributed by atoms with Crippen LogP contribution in [0.5, 0.6) is 0 Å². The molecule has 6 heteroatoms. The zero-order valence-corrected chi connectivity index (χ0v) is 10.1. The van der Waals surface area contributed by atoms with Crippen molar-refractivity contribution in [1.29, 1.82) is 0 Å². The summed E-state index contributed by atoms with van der Waals surface area (Å²) in [4.78, 5) is 5.54. The topological polar surface area (TPSA) is 42.1 Å². The first-order chi connectivity index (χ1) is 8.38. The van der Waals surface area contributed by atoms with Gasteiger partial charge in [0.2, 0.25) is 0 Å². The van der Waals surface area contributed by atoms with Crippen molar-refractivity contribution in [2.75, 3.05) is 18.0 Å². The van der Waals surface area contributed by atoms with Crippen molar-refractivity contribution in [3.63, 3.8) is 0 Å². The Labute approximate surface area is 104 Å². The largest absolute Gasteiger partial charge is 0.433 e. The van der Waals surface area contributed by atoms with Crippen molar-refractivity contribution in [3.8, 4) is 0 Å². The highest BCUT2D eigenvalue weighted by molar-refractivity contribution is 5.41. The van der Waals surface area contributed by atoms with Gasteiger partial charge in [0.15, 0.2) is 0 Å². The van der Waals surface area contributed by atoms with Crippen LogP contribution in [0.15, 0.2) is 18.2 Å². The second kappa shape index (κ2) is 4.76. The van der Waals surface area contributed by atoms with Gasteiger partial charge < -0.3 is 10.6 Å². The Morgan fingerprint density at radius 2 is 2.17 bits per heavy atom. The summed E-state index contributed by atoms with van der Waals surface area (Å²) in [6.45, 7) is 3.31. The van der Waals surface area contributed by atoms with Crippen LogP contribution >= 0.6 is 0 Å². The first-order valence-electron chi connectivity index (χ1n) is 5.92. The molecule has 2 atom stereocenters. The van der Waals surface area contributed by atoms with E-state index in [2.05, 4.69) is 4.98 Å². The van der Waals surface area contributed by atoms with Crippen molar-refractivity contribution in [2.45, 2.75) is 25.6 Å². The molecule has 18 heavy (non-hydrogen) atoms. The molecule has 0 aliphatic carbocycles. The third-order valence-corrected chi connectivity index (χ3v) is 3.32. The van der Waals surface area contributed by atoms with Gasteiger partial charge in [-0.3, -0.25) is 0 Å². The van der Waals surface area contributed by atoms with Gasteiger partial charge in [0.05, 0.1) is 0 Å². The molecular weight excluding hydrogens is 243 g/mol. The molecule has 1 aliphatic rings. The molecule has 100 valence electrons. The minimum absolute atomic E-state index is 0.0563. The maximum Gasteiger partial charge on any atom is 0.433 e. The second-order valence-corrected chi connectivity index (χ2v) is 4.73. The predicted molar refractivity (Wildman–Crippen MR) is 63.2 cm³/mol. The highest BCUT2D eigenvalue weighted by atomic mass is 19.4. The van der Waals surface area contributed by atoms with Gasteiger partial charge in [-0.1, -0.05) is 6.07 Å². The Hall–Kier alpha value is -1.30. The summed E-state index contributed by atoms with van der Waals surface area (Å²) in [5.74, 6) is 0.703. The lowest BCUT2D eigenvalue weighted by Crippen LogP contribution is -2.30. The fourth-order valence-corrected chi connectivity index (χ4v) is 2.18. The van der Waals surface area contributed by atoms with E-state index < -0.39 is 11.9 Å². The average molecular weight is 259 g/mol. The van der Waals surface area contributed by atoms with Gasteiger partial charge >= 0.3 is 6.18 Å². The van der Waals surface area contributed by atoms with E-state index >= 15 is 0 Å². The molecule has 2 heterocycles. The van der Waals surface area contributed by atoms with Crippen molar-refractivity contribution < 1.29 is 13.2 Å². The fourth-order valence-electron chi connectivity index (χ4n) is 2.18. The molecule has 0 saturated carbocycles. The van der Waals surface area contributed by atoms with E-state index in [9.17, 15) is 13.2 Å². The SMILES string of the molecule is CC(N)C1CCN(c2cccc(C(F)(F)F)n2)C1. The number of rotatable bonds is 2. The zero-order chi connectivity index (χ0) is 13.3. The lowest BCUT2D eigenvalue weighted by Gasteiger charge is -2.19. The maximum atomic E-state index is 12.6. The smallest absolute Gasteiger partial charge is 0.356 e. The third-order valence-electron chi connectivity index (χ3n) is 3.32. The van der Waals surface area contributed by atoms with Crippen LogP contribution < -0.4 is 10.6 Å². The molecule has 3 nitrogen and oxygen atoms in total. The lowest BCUT2D eigenvalue weighted by atomic mass is 10.0. The number of aromatic nitrogens is 1. The summed E-state index contributed by atoms with van der Waals surface area (Å²) in [7, 11) is 0. The van der Waals surface area contributed by atoms with Crippen LogP contribution in [-0.4, -0.2) is 24.1 Å². The maximum absolute atomic E-state index is 12.6. The quantitative estimate of drug-likeness (QED) is 0.886. The van der Waals surface area contributed by atoms with Crippen molar-refractivity contribution >= 4 is 5.82 Å². The van der Waals surface area contributed by atoms with E-state index in [1.165, 1.54) is 6.07 Å².